The summed E-state index contributed by atoms with van der Waals surface area (Å²) in [4.78, 5) is 15.5. The van der Waals surface area contributed by atoms with Crippen molar-refractivity contribution in [3.63, 3.8) is 0 Å². The lowest BCUT2D eigenvalue weighted by atomic mass is 10.1. The van der Waals surface area contributed by atoms with E-state index in [1.807, 2.05) is 0 Å². The summed E-state index contributed by atoms with van der Waals surface area (Å²) in [5.74, 6) is -1.06. The Labute approximate surface area is 127 Å². The molecule has 0 aliphatic carbocycles. The molecule has 0 aromatic carbocycles. The van der Waals surface area contributed by atoms with Crippen LogP contribution in [0.1, 0.15) is 6.92 Å². The molecule has 3 heterocycles. The average Bonchev–Trinajstić information content (AvgIpc) is 2.87. The van der Waals surface area contributed by atoms with Gasteiger partial charge in [0.25, 0.3) is 5.91 Å². The van der Waals surface area contributed by atoms with E-state index in [0.717, 1.165) is 0 Å². The second-order valence-corrected chi connectivity index (χ2v) is 6.02. The Balaban J connectivity index is 1.91. The Hall–Kier alpha value is -1.59. The first-order valence-electron chi connectivity index (χ1n) is 6.99. The van der Waals surface area contributed by atoms with Gasteiger partial charge in [0.1, 0.15) is 29.8 Å². The topological polar surface area (TPSA) is 144 Å². The predicted octanol–water partition coefficient (Wildman–Crippen LogP) is -3.85. The van der Waals surface area contributed by atoms with Crippen LogP contribution in [0, 0.1) is 0 Å². The minimum absolute atomic E-state index is 0.272. The zero-order valence-electron chi connectivity index (χ0n) is 12.4. The molecule has 7 N–H and O–H groups in total. The third kappa shape index (κ3) is 2.20. The number of likely N-dealkylation sites (N-methyl/N-ethyl adjacent to an activating group) is 1. The summed E-state index contributed by atoms with van der Waals surface area (Å²) in [6.07, 6.45) is -4.19. The van der Waals surface area contributed by atoms with Crippen LogP contribution in [0.25, 0.3) is 0 Å². The van der Waals surface area contributed by atoms with E-state index in [9.17, 15) is 20.1 Å². The van der Waals surface area contributed by atoms with E-state index in [-0.39, 0.29) is 12.6 Å². The minimum atomic E-state index is -1.21. The molecule has 10 heteroatoms. The van der Waals surface area contributed by atoms with Crippen molar-refractivity contribution in [1.82, 2.24) is 20.4 Å². The quantitative estimate of drug-likeness (QED) is 0.302. The molecule has 1 fully saturated rings. The summed E-state index contributed by atoms with van der Waals surface area (Å²) in [6.45, 7) is 1.46. The van der Waals surface area contributed by atoms with Crippen molar-refractivity contribution in [2.24, 2.45) is 5.73 Å². The Kier molecular flexibility index (Phi) is 3.45. The lowest BCUT2D eigenvalue weighted by Crippen LogP contribution is -2.67. The van der Waals surface area contributed by atoms with Gasteiger partial charge in [0.2, 0.25) is 0 Å². The van der Waals surface area contributed by atoms with Crippen molar-refractivity contribution >= 4 is 5.91 Å². The van der Waals surface area contributed by atoms with Crippen molar-refractivity contribution in [3.05, 3.63) is 11.5 Å². The number of aliphatic hydroxyl groups is 3. The highest BCUT2D eigenvalue weighted by atomic mass is 16.6. The zero-order valence-corrected chi connectivity index (χ0v) is 12.4. The molecule has 3 rings (SSSR count). The summed E-state index contributed by atoms with van der Waals surface area (Å²) in [6, 6.07) is 0. The number of nitrogens with one attached hydrogen (secondary N) is 2. The molecular weight excluding hydrogens is 294 g/mol. The Morgan fingerprint density at radius 2 is 2.09 bits per heavy atom. The van der Waals surface area contributed by atoms with Crippen LogP contribution in [0.4, 0.5) is 0 Å². The van der Waals surface area contributed by atoms with Gasteiger partial charge in [-0.3, -0.25) is 10.5 Å². The lowest BCUT2D eigenvalue weighted by Gasteiger charge is -2.37. The fourth-order valence-corrected chi connectivity index (χ4v) is 3.02. The first-order chi connectivity index (χ1) is 10.2. The smallest absolute Gasteiger partial charge is 0.274 e. The first kappa shape index (κ1) is 15.3. The van der Waals surface area contributed by atoms with E-state index >= 15 is 0 Å². The molecule has 5 atom stereocenters. The number of hydrogen-bond donors (Lipinski definition) is 6. The average molecular weight is 315 g/mol. The van der Waals surface area contributed by atoms with Gasteiger partial charge in [-0.2, -0.15) is 0 Å². The van der Waals surface area contributed by atoms with Gasteiger partial charge >= 0.3 is 0 Å². The molecular formula is C12H21N5O5. The number of carbonyl (C=O) groups excluding carboxylic acids is 1. The summed E-state index contributed by atoms with van der Waals surface area (Å²) >= 11 is 0. The van der Waals surface area contributed by atoms with Crippen LogP contribution in [0.3, 0.4) is 0 Å². The minimum Gasteiger partial charge on any atom is -0.394 e. The number of aliphatic hydroxyl groups excluding tert-OH is 3. The fourth-order valence-electron chi connectivity index (χ4n) is 3.02. The van der Waals surface area contributed by atoms with Gasteiger partial charge in [0.15, 0.2) is 12.0 Å². The molecule has 1 amide bonds. The van der Waals surface area contributed by atoms with Crippen LogP contribution in [0.15, 0.2) is 11.5 Å². The van der Waals surface area contributed by atoms with Crippen molar-refractivity contribution < 1.29 is 24.9 Å². The largest absolute Gasteiger partial charge is 0.394 e. The van der Waals surface area contributed by atoms with Crippen LogP contribution in [-0.4, -0.2) is 81.7 Å². The maximum Gasteiger partial charge on any atom is 0.274 e. The highest BCUT2D eigenvalue weighted by molar-refractivity contribution is 5.95. The van der Waals surface area contributed by atoms with Crippen LogP contribution < -0.4 is 16.4 Å². The fraction of sp³-hybridized carbons (Fsp3) is 0.750. The summed E-state index contributed by atoms with van der Waals surface area (Å²) in [5.41, 5.74) is 6.31. The molecule has 22 heavy (non-hydrogen) atoms. The van der Waals surface area contributed by atoms with Gasteiger partial charge < -0.3 is 40.5 Å². The third-order valence-electron chi connectivity index (χ3n) is 4.05. The zero-order chi connectivity index (χ0) is 16.2. The first-order valence-corrected chi connectivity index (χ1v) is 6.99. The monoisotopic (exact) mass is 315 g/mol. The third-order valence-corrected chi connectivity index (χ3v) is 4.05. The van der Waals surface area contributed by atoms with E-state index in [1.54, 1.807) is 23.8 Å². The number of rotatable bonds is 2. The van der Waals surface area contributed by atoms with Crippen molar-refractivity contribution in [2.75, 3.05) is 20.3 Å². The van der Waals surface area contributed by atoms with E-state index < -0.39 is 36.9 Å². The Bertz CT molecular complexity index is 524. The Morgan fingerprint density at radius 3 is 2.68 bits per heavy atom. The molecule has 0 aromatic heterocycles. The van der Waals surface area contributed by atoms with Gasteiger partial charge in [0.05, 0.1) is 13.3 Å². The second kappa shape index (κ2) is 4.96. The van der Waals surface area contributed by atoms with Crippen molar-refractivity contribution in [2.45, 2.75) is 37.3 Å². The second-order valence-electron chi connectivity index (χ2n) is 6.02. The molecule has 124 valence electrons. The molecule has 0 aromatic rings. The highest BCUT2D eigenvalue weighted by Crippen LogP contribution is 2.32. The maximum atomic E-state index is 12.2. The number of ether oxygens (including phenoxy) is 1. The molecule has 0 saturated carbocycles. The highest BCUT2D eigenvalue weighted by Gasteiger charge is 2.50. The maximum absolute atomic E-state index is 12.2. The molecule has 0 radical (unpaired) electrons. The lowest BCUT2D eigenvalue weighted by molar-refractivity contribution is -0.121. The van der Waals surface area contributed by atoms with E-state index in [0.29, 0.717) is 11.5 Å². The van der Waals surface area contributed by atoms with Crippen LogP contribution in [-0.2, 0) is 9.53 Å². The molecule has 1 saturated heterocycles. The van der Waals surface area contributed by atoms with Crippen LogP contribution in [0.5, 0.6) is 0 Å². The predicted molar refractivity (Wildman–Crippen MR) is 73.1 cm³/mol. The number of carbonyl (C=O) groups is 1. The SMILES string of the molecule is CN1CN([C@@H]2O[C@H](CO)[C@@H](O)[C@H]2O)C2=C1C(=O)NC(C)(N)N2. The number of amides is 1. The van der Waals surface area contributed by atoms with Gasteiger partial charge in [0, 0.05) is 7.05 Å². The van der Waals surface area contributed by atoms with Crippen LogP contribution >= 0.6 is 0 Å². The van der Waals surface area contributed by atoms with E-state index in [1.165, 1.54) is 0 Å². The normalized spacial score (nSPS) is 41.6. The summed E-state index contributed by atoms with van der Waals surface area (Å²) in [5, 5.41) is 34.8. The number of nitrogens with zero attached hydrogens (tertiary/aromatic N) is 2. The van der Waals surface area contributed by atoms with Gasteiger partial charge in [-0.1, -0.05) is 0 Å². The summed E-state index contributed by atoms with van der Waals surface area (Å²) < 4.78 is 5.52. The van der Waals surface area contributed by atoms with E-state index in [4.69, 9.17) is 10.5 Å². The van der Waals surface area contributed by atoms with Gasteiger partial charge in [-0.15, -0.1) is 0 Å². The van der Waals surface area contributed by atoms with E-state index in [2.05, 4.69) is 10.6 Å². The molecule has 0 bridgehead atoms. The standard InChI is InChI=1S/C12H21N5O5/c1-12(13)14-9-6(10(21)15-12)16(2)4-17(9)11-8(20)7(19)5(3-18)22-11/h5,7-8,11,14,18-20H,3-4,13H2,1-2H3,(H,15,21)/t5-,7-,8-,11-,12?/m1/s1. The van der Waals surface area contributed by atoms with Crippen molar-refractivity contribution in [1.29, 1.82) is 0 Å². The van der Waals surface area contributed by atoms with Crippen molar-refractivity contribution in [3.8, 4) is 0 Å². The number of nitrogens with two attached hydrogens (primary N) is 1. The van der Waals surface area contributed by atoms with Gasteiger partial charge in [-0.25, -0.2) is 0 Å². The molecule has 3 aliphatic rings. The molecule has 10 nitrogen and oxygen atoms in total. The Morgan fingerprint density at radius 1 is 1.41 bits per heavy atom. The molecule has 0 spiro atoms. The number of hydrogen-bond acceptors (Lipinski definition) is 9. The van der Waals surface area contributed by atoms with Gasteiger partial charge in [-0.05, 0) is 6.92 Å². The molecule has 1 unspecified atom stereocenters. The summed E-state index contributed by atoms with van der Waals surface area (Å²) in [7, 11) is 1.72. The molecule has 3 aliphatic heterocycles. The van der Waals surface area contributed by atoms with Crippen LogP contribution in [0.2, 0.25) is 0 Å².